The lowest BCUT2D eigenvalue weighted by atomic mass is 10.1. The Morgan fingerprint density at radius 2 is 1.67 bits per heavy atom. The Bertz CT molecular complexity index is 303. The second-order valence-corrected chi connectivity index (χ2v) is 3.71. The number of rotatable bonds is 6. The molecule has 0 spiro atoms. The van der Waals surface area contributed by atoms with Gasteiger partial charge in [-0.1, -0.05) is 13.2 Å². The molecule has 0 aromatic rings. The van der Waals surface area contributed by atoms with Crippen LogP contribution in [0.25, 0.3) is 0 Å². The van der Waals surface area contributed by atoms with E-state index in [1.165, 1.54) is 0 Å². The van der Waals surface area contributed by atoms with Crippen LogP contribution in [0.5, 0.6) is 0 Å². The van der Waals surface area contributed by atoms with E-state index in [1.54, 1.807) is 0 Å². The van der Waals surface area contributed by atoms with Gasteiger partial charge in [0.1, 0.15) is 13.2 Å². The highest BCUT2D eigenvalue weighted by Crippen LogP contribution is 2.18. The normalized spacial score (nSPS) is 17.6. The minimum Gasteiger partial charge on any atom is -0.459 e. The number of hydrogen-bond acceptors (Lipinski definition) is 6. The SMILES string of the molecule is C=CC(=O)OCC1(COC(=O)C=C)COCCO1. The van der Waals surface area contributed by atoms with Gasteiger partial charge in [-0.25, -0.2) is 9.59 Å². The van der Waals surface area contributed by atoms with Crippen LogP contribution in [-0.4, -0.2) is 50.6 Å². The van der Waals surface area contributed by atoms with Crippen LogP contribution in [0, 0.1) is 0 Å². The molecule has 0 unspecified atom stereocenters. The van der Waals surface area contributed by atoms with E-state index in [9.17, 15) is 9.59 Å². The molecule has 100 valence electrons. The molecule has 1 saturated heterocycles. The van der Waals surface area contributed by atoms with Crippen LogP contribution in [0.2, 0.25) is 0 Å². The standard InChI is InChI=1S/C12H16O6/c1-3-10(13)16-8-12(7-15-5-6-18-12)9-17-11(14)4-2/h3-4H,1-2,5-9H2. The van der Waals surface area contributed by atoms with E-state index < -0.39 is 17.5 Å². The van der Waals surface area contributed by atoms with Crippen LogP contribution in [-0.2, 0) is 28.5 Å². The van der Waals surface area contributed by atoms with Crippen molar-refractivity contribution >= 4 is 11.9 Å². The second kappa shape index (κ2) is 6.93. The molecule has 0 amide bonds. The number of carbonyl (C=O) groups is 2. The molecule has 1 fully saturated rings. The van der Waals surface area contributed by atoms with Crippen LogP contribution in [0.4, 0.5) is 0 Å². The van der Waals surface area contributed by atoms with Gasteiger partial charge in [0.15, 0.2) is 5.60 Å². The monoisotopic (exact) mass is 256 g/mol. The maximum absolute atomic E-state index is 11.0. The molecule has 6 nitrogen and oxygen atoms in total. The third kappa shape index (κ3) is 4.31. The quantitative estimate of drug-likeness (QED) is 0.500. The Morgan fingerprint density at radius 1 is 1.11 bits per heavy atom. The van der Waals surface area contributed by atoms with E-state index in [0.717, 1.165) is 12.2 Å². The van der Waals surface area contributed by atoms with Crippen molar-refractivity contribution in [2.45, 2.75) is 5.60 Å². The lowest BCUT2D eigenvalue weighted by Gasteiger charge is -2.35. The Kier molecular flexibility index (Phi) is 5.54. The third-order valence-electron chi connectivity index (χ3n) is 2.29. The first-order chi connectivity index (χ1) is 8.62. The fourth-order valence-corrected chi connectivity index (χ4v) is 1.35. The molecule has 0 radical (unpaired) electrons. The molecular formula is C12H16O6. The van der Waals surface area contributed by atoms with Gasteiger partial charge >= 0.3 is 11.9 Å². The predicted molar refractivity (Wildman–Crippen MR) is 61.8 cm³/mol. The van der Waals surface area contributed by atoms with Gasteiger partial charge in [-0.05, 0) is 0 Å². The predicted octanol–water partition coefficient (Wildman–Crippen LogP) is 0.230. The number of carbonyl (C=O) groups excluding carboxylic acids is 2. The van der Waals surface area contributed by atoms with Gasteiger partial charge in [0.25, 0.3) is 0 Å². The molecule has 1 heterocycles. The first-order valence-corrected chi connectivity index (χ1v) is 5.42. The summed E-state index contributed by atoms with van der Waals surface area (Å²) in [5.41, 5.74) is -0.963. The largest absolute Gasteiger partial charge is 0.459 e. The van der Waals surface area contributed by atoms with Gasteiger partial charge in [-0.2, -0.15) is 0 Å². The highest BCUT2D eigenvalue weighted by molar-refractivity contribution is 5.81. The van der Waals surface area contributed by atoms with Gasteiger partial charge in [0.2, 0.25) is 0 Å². The number of hydrogen-bond donors (Lipinski definition) is 0. The highest BCUT2D eigenvalue weighted by atomic mass is 16.6. The summed E-state index contributed by atoms with van der Waals surface area (Å²) in [7, 11) is 0. The topological polar surface area (TPSA) is 71.1 Å². The summed E-state index contributed by atoms with van der Waals surface area (Å²) in [6, 6.07) is 0. The van der Waals surface area contributed by atoms with E-state index in [1.807, 2.05) is 0 Å². The van der Waals surface area contributed by atoms with Crippen LogP contribution in [0.15, 0.2) is 25.3 Å². The average Bonchev–Trinajstić information content (AvgIpc) is 2.43. The van der Waals surface area contributed by atoms with Crippen LogP contribution >= 0.6 is 0 Å². The Balaban J connectivity index is 2.56. The molecule has 18 heavy (non-hydrogen) atoms. The Hall–Kier alpha value is -1.66. The molecule has 1 rings (SSSR count). The summed E-state index contributed by atoms with van der Waals surface area (Å²) in [5, 5.41) is 0. The van der Waals surface area contributed by atoms with Crippen LogP contribution in [0.3, 0.4) is 0 Å². The zero-order valence-corrected chi connectivity index (χ0v) is 10.1. The molecule has 1 aliphatic rings. The fraction of sp³-hybridized carbons (Fsp3) is 0.500. The van der Waals surface area contributed by atoms with Gasteiger partial charge in [0, 0.05) is 12.2 Å². The fourth-order valence-electron chi connectivity index (χ4n) is 1.35. The van der Waals surface area contributed by atoms with E-state index in [2.05, 4.69) is 13.2 Å². The van der Waals surface area contributed by atoms with E-state index in [-0.39, 0.29) is 19.8 Å². The lowest BCUT2D eigenvalue weighted by molar-refractivity contribution is -0.206. The Labute approximate surface area is 105 Å². The first-order valence-electron chi connectivity index (χ1n) is 5.42. The zero-order chi connectivity index (χ0) is 13.4. The molecule has 0 saturated carbocycles. The number of esters is 2. The molecule has 0 bridgehead atoms. The molecule has 1 aliphatic heterocycles. The van der Waals surface area contributed by atoms with E-state index >= 15 is 0 Å². The minimum absolute atomic E-state index is 0.0672. The lowest BCUT2D eigenvalue weighted by Crippen LogP contribution is -2.51. The van der Waals surface area contributed by atoms with Crippen LogP contribution < -0.4 is 0 Å². The molecule has 0 aromatic carbocycles. The molecule has 0 N–H and O–H groups in total. The van der Waals surface area contributed by atoms with Crippen molar-refractivity contribution in [3.63, 3.8) is 0 Å². The van der Waals surface area contributed by atoms with Gasteiger partial charge in [-0.15, -0.1) is 0 Å². The molecule has 6 heteroatoms. The molecule has 0 atom stereocenters. The molecular weight excluding hydrogens is 240 g/mol. The number of ether oxygens (including phenoxy) is 4. The highest BCUT2D eigenvalue weighted by Gasteiger charge is 2.37. The van der Waals surface area contributed by atoms with Crippen molar-refractivity contribution in [1.82, 2.24) is 0 Å². The summed E-state index contributed by atoms with van der Waals surface area (Å²) < 4.78 is 20.6. The molecule has 0 aliphatic carbocycles. The second-order valence-electron chi connectivity index (χ2n) is 3.71. The van der Waals surface area contributed by atoms with Crippen molar-refractivity contribution in [2.24, 2.45) is 0 Å². The smallest absolute Gasteiger partial charge is 0.330 e. The third-order valence-corrected chi connectivity index (χ3v) is 2.29. The van der Waals surface area contributed by atoms with Crippen molar-refractivity contribution in [1.29, 1.82) is 0 Å². The minimum atomic E-state index is -0.963. The molecule has 0 aromatic heterocycles. The van der Waals surface area contributed by atoms with Crippen molar-refractivity contribution in [2.75, 3.05) is 33.0 Å². The van der Waals surface area contributed by atoms with E-state index in [4.69, 9.17) is 18.9 Å². The zero-order valence-electron chi connectivity index (χ0n) is 10.1. The van der Waals surface area contributed by atoms with Crippen LogP contribution in [0.1, 0.15) is 0 Å². The maximum Gasteiger partial charge on any atom is 0.330 e. The maximum atomic E-state index is 11.0. The van der Waals surface area contributed by atoms with Gasteiger partial charge in [0.05, 0.1) is 19.8 Å². The summed E-state index contributed by atoms with van der Waals surface area (Å²) in [6.45, 7) is 7.42. The van der Waals surface area contributed by atoms with Gasteiger partial charge in [-0.3, -0.25) is 0 Å². The summed E-state index contributed by atoms with van der Waals surface area (Å²) >= 11 is 0. The van der Waals surface area contributed by atoms with E-state index in [0.29, 0.717) is 13.2 Å². The summed E-state index contributed by atoms with van der Waals surface area (Å²) in [4.78, 5) is 22.1. The summed E-state index contributed by atoms with van der Waals surface area (Å²) in [5.74, 6) is -1.14. The Morgan fingerprint density at radius 3 is 2.06 bits per heavy atom. The first kappa shape index (κ1) is 14.4. The summed E-state index contributed by atoms with van der Waals surface area (Å²) in [6.07, 6.45) is 2.10. The van der Waals surface area contributed by atoms with Crippen molar-refractivity contribution < 1.29 is 28.5 Å². The van der Waals surface area contributed by atoms with Crippen molar-refractivity contribution in [3.8, 4) is 0 Å². The van der Waals surface area contributed by atoms with Crippen molar-refractivity contribution in [3.05, 3.63) is 25.3 Å². The average molecular weight is 256 g/mol. The van der Waals surface area contributed by atoms with Gasteiger partial charge < -0.3 is 18.9 Å².